The van der Waals surface area contributed by atoms with Crippen LogP contribution < -0.4 is 0 Å². The van der Waals surface area contributed by atoms with Crippen molar-refractivity contribution in [2.24, 2.45) is 0 Å². The van der Waals surface area contributed by atoms with Gasteiger partial charge in [-0.1, -0.05) is 30.3 Å². The fraction of sp³-hybridized carbons (Fsp3) is 0.0714. The van der Waals surface area contributed by atoms with Crippen LogP contribution in [0.3, 0.4) is 0 Å². The van der Waals surface area contributed by atoms with Crippen LogP contribution in [-0.4, -0.2) is 0 Å². The molecule has 1 heterocycles. The normalized spacial score (nSPS) is 11.1. The van der Waals surface area contributed by atoms with E-state index >= 15 is 0 Å². The molecule has 2 aromatic rings. The van der Waals surface area contributed by atoms with Gasteiger partial charge < -0.3 is 0 Å². The molecule has 1 nitrogen and oxygen atoms in total. The Kier molecular flexibility index (Phi) is 3.19. The molecule has 78 valence electrons. The van der Waals surface area contributed by atoms with Crippen molar-refractivity contribution in [1.29, 1.82) is 5.26 Å². The lowest BCUT2D eigenvalue weighted by atomic mass is 10.1. The molecule has 2 heteroatoms. The molecule has 0 aliphatic heterocycles. The Morgan fingerprint density at radius 1 is 1.19 bits per heavy atom. The lowest BCUT2D eigenvalue weighted by Gasteiger charge is -1.96. The van der Waals surface area contributed by atoms with Gasteiger partial charge in [-0.2, -0.15) is 5.26 Å². The molecule has 2 rings (SSSR count). The van der Waals surface area contributed by atoms with E-state index in [0.717, 1.165) is 10.4 Å². The summed E-state index contributed by atoms with van der Waals surface area (Å²) in [5, 5.41) is 9.13. The highest BCUT2D eigenvalue weighted by Gasteiger charge is 2.00. The minimum Gasteiger partial charge on any atom is -0.192 e. The van der Waals surface area contributed by atoms with Crippen LogP contribution in [0, 0.1) is 18.3 Å². The summed E-state index contributed by atoms with van der Waals surface area (Å²) in [6.45, 7) is 2.07. The van der Waals surface area contributed by atoms with Gasteiger partial charge in [-0.3, -0.25) is 0 Å². The monoisotopic (exact) mass is 225 g/mol. The van der Waals surface area contributed by atoms with Crippen molar-refractivity contribution in [3.8, 4) is 6.07 Å². The second-order valence-electron chi connectivity index (χ2n) is 3.48. The molecule has 0 atom stereocenters. The zero-order chi connectivity index (χ0) is 11.4. The summed E-state index contributed by atoms with van der Waals surface area (Å²) in [5.74, 6) is 0. The summed E-state index contributed by atoms with van der Waals surface area (Å²) in [7, 11) is 0. The van der Waals surface area contributed by atoms with Crippen LogP contribution in [-0.2, 0) is 0 Å². The maximum absolute atomic E-state index is 9.13. The SMILES string of the molecule is Cc1ccc(/C=C(\C#N)c2ccccc2)s1. The van der Waals surface area contributed by atoms with E-state index in [0.29, 0.717) is 5.57 Å². The highest BCUT2D eigenvalue weighted by molar-refractivity contribution is 7.12. The fourth-order valence-corrected chi connectivity index (χ4v) is 2.29. The molecule has 0 saturated carbocycles. The van der Waals surface area contributed by atoms with Gasteiger partial charge in [0, 0.05) is 9.75 Å². The highest BCUT2D eigenvalue weighted by Crippen LogP contribution is 2.22. The van der Waals surface area contributed by atoms with Crippen LogP contribution in [0.25, 0.3) is 11.6 Å². The van der Waals surface area contributed by atoms with E-state index in [1.807, 2.05) is 42.5 Å². The molecule has 0 spiro atoms. The molecule has 0 bridgehead atoms. The topological polar surface area (TPSA) is 23.8 Å². The van der Waals surface area contributed by atoms with Gasteiger partial charge in [0.05, 0.1) is 11.6 Å². The molecular weight excluding hydrogens is 214 g/mol. The first-order valence-corrected chi connectivity index (χ1v) is 5.85. The van der Waals surface area contributed by atoms with Gasteiger partial charge >= 0.3 is 0 Å². The van der Waals surface area contributed by atoms with E-state index in [4.69, 9.17) is 5.26 Å². The summed E-state index contributed by atoms with van der Waals surface area (Å²) < 4.78 is 0. The smallest absolute Gasteiger partial charge is 0.0998 e. The van der Waals surface area contributed by atoms with E-state index < -0.39 is 0 Å². The molecule has 16 heavy (non-hydrogen) atoms. The Morgan fingerprint density at radius 3 is 2.50 bits per heavy atom. The minimum atomic E-state index is 0.711. The Labute approximate surface area is 99.3 Å². The largest absolute Gasteiger partial charge is 0.192 e. The molecule has 0 saturated heterocycles. The van der Waals surface area contributed by atoms with Crippen molar-refractivity contribution in [2.75, 3.05) is 0 Å². The van der Waals surface area contributed by atoms with Crippen molar-refractivity contribution < 1.29 is 0 Å². The summed E-state index contributed by atoms with van der Waals surface area (Å²) in [5.41, 5.74) is 1.68. The highest BCUT2D eigenvalue weighted by atomic mass is 32.1. The second-order valence-corrected chi connectivity index (χ2v) is 4.80. The average molecular weight is 225 g/mol. The average Bonchev–Trinajstić information content (AvgIpc) is 2.73. The molecule has 0 aliphatic carbocycles. The summed E-state index contributed by atoms with van der Waals surface area (Å²) >= 11 is 1.70. The maximum Gasteiger partial charge on any atom is 0.0998 e. The first-order chi connectivity index (χ1) is 7.79. The minimum absolute atomic E-state index is 0.711. The number of aryl methyl sites for hydroxylation is 1. The number of hydrogen-bond acceptors (Lipinski definition) is 2. The Hall–Kier alpha value is -1.85. The second kappa shape index (κ2) is 4.78. The first-order valence-electron chi connectivity index (χ1n) is 5.03. The van der Waals surface area contributed by atoms with Crippen LogP contribution in [0.2, 0.25) is 0 Å². The third-order valence-corrected chi connectivity index (χ3v) is 3.20. The lowest BCUT2D eigenvalue weighted by molar-refractivity contribution is 1.52. The number of rotatable bonds is 2. The number of nitriles is 1. The molecule has 0 radical (unpaired) electrons. The molecule has 1 aromatic carbocycles. The summed E-state index contributed by atoms with van der Waals surface area (Å²) in [6, 6.07) is 16.1. The maximum atomic E-state index is 9.13. The molecule has 0 aliphatic rings. The van der Waals surface area contributed by atoms with Gasteiger partial charge in [-0.25, -0.2) is 0 Å². The van der Waals surface area contributed by atoms with Gasteiger partial charge in [-0.15, -0.1) is 11.3 Å². The quantitative estimate of drug-likeness (QED) is 0.705. The van der Waals surface area contributed by atoms with Crippen molar-refractivity contribution in [3.63, 3.8) is 0 Å². The number of nitrogens with zero attached hydrogens (tertiary/aromatic N) is 1. The van der Waals surface area contributed by atoms with Crippen molar-refractivity contribution in [3.05, 3.63) is 57.8 Å². The molecule has 1 aromatic heterocycles. The summed E-state index contributed by atoms with van der Waals surface area (Å²) in [6.07, 6.45) is 1.94. The Bertz CT molecular complexity index is 544. The van der Waals surface area contributed by atoms with Crippen molar-refractivity contribution in [1.82, 2.24) is 0 Å². The molecule has 0 N–H and O–H groups in total. The van der Waals surface area contributed by atoms with Gasteiger partial charge in [0.2, 0.25) is 0 Å². The molecular formula is C14H11NS. The van der Waals surface area contributed by atoms with Crippen LogP contribution in [0.5, 0.6) is 0 Å². The fourth-order valence-electron chi connectivity index (χ4n) is 1.47. The number of thiophene rings is 1. The Morgan fingerprint density at radius 2 is 1.94 bits per heavy atom. The van der Waals surface area contributed by atoms with Crippen LogP contribution in [0.4, 0.5) is 0 Å². The molecule has 0 unspecified atom stereocenters. The van der Waals surface area contributed by atoms with Gasteiger partial charge in [-0.05, 0) is 30.7 Å². The first kappa shape index (κ1) is 10.7. The molecule has 0 fully saturated rings. The standard InChI is InChI=1S/C14H11NS/c1-11-7-8-14(16-11)9-13(10-15)12-5-3-2-4-6-12/h2-9H,1H3/b13-9+. The zero-order valence-electron chi connectivity index (χ0n) is 8.97. The van der Waals surface area contributed by atoms with E-state index in [1.54, 1.807) is 11.3 Å². The third kappa shape index (κ3) is 2.39. The van der Waals surface area contributed by atoms with Crippen LogP contribution in [0.1, 0.15) is 15.3 Å². The van der Waals surface area contributed by atoms with Gasteiger partial charge in [0.25, 0.3) is 0 Å². The van der Waals surface area contributed by atoms with Crippen molar-refractivity contribution >= 4 is 23.0 Å². The van der Waals surface area contributed by atoms with E-state index in [1.165, 1.54) is 4.88 Å². The van der Waals surface area contributed by atoms with Gasteiger partial charge in [0.15, 0.2) is 0 Å². The lowest BCUT2D eigenvalue weighted by Crippen LogP contribution is -1.79. The predicted molar refractivity (Wildman–Crippen MR) is 69.0 cm³/mol. The number of benzene rings is 1. The molecule has 0 amide bonds. The Balaban J connectivity index is 2.38. The van der Waals surface area contributed by atoms with E-state index in [9.17, 15) is 0 Å². The number of hydrogen-bond donors (Lipinski definition) is 0. The third-order valence-electron chi connectivity index (χ3n) is 2.25. The zero-order valence-corrected chi connectivity index (χ0v) is 9.79. The van der Waals surface area contributed by atoms with Crippen LogP contribution >= 0.6 is 11.3 Å². The van der Waals surface area contributed by atoms with E-state index in [-0.39, 0.29) is 0 Å². The predicted octanol–water partition coefficient (Wildman–Crippen LogP) is 4.12. The number of allylic oxidation sites excluding steroid dienone is 1. The summed E-state index contributed by atoms with van der Waals surface area (Å²) in [4.78, 5) is 2.38. The van der Waals surface area contributed by atoms with E-state index in [2.05, 4.69) is 19.1 Å². The van der Waals surface area contributed by atoms with Gasteiger partial charge in [0.1, 0.15) is 0 Å². The van der Waals surface area contributed by atoms with Crippen LogP contribution in [0.15, 0.2) is 42.5 Å². The van der Waals surface area contributed by atoms with Crippen molar-refractivity contribution in [2.45, 2.75) is 6.92 Å².